The topological polar surface area (TPSA) is 481 Å². The number of ether oxygens (including phenoxy) is 9. The van der Waals surface area contributed by atoms with Crippen LogP contribution >= 0.6 is 28.1 Å². The largest absolute Gasteiger partial charge is 0.485 e. The number of rotatable bonds is 14. The number of nitrogen functional groups attached to an aromatic ring is 1. The van der Waals surface area contributed by atoms with Gasteiger partial charge in [0.1, 0.15) is 72.4 Å². The number of nitrogens with zero attached hydrogens (tertiary/aromatic N) is 11. The molecule has 0 saturated carbocycles. The third-order valence-corrected chi connectivity index (χ3v) is 48.0. The van der Waals surface area contributed by atoms with Crippen molar-refractivity contribution >= 4 is 206 Å². The zero-order chi connectivity index (χ0) is 81.2. The first-order chi connectivity index (χ1) is 53.9. The molecule has 1 unspecified atom stereocenters. The SMILES string of the molecule is CC1=Nc2cc([N+](=O)[O-])ccc2OC1.COC(C)CN=C1COc2ccc([N+](=O)[O-])cc2N1.COC(CN)OC.Nc1ccc2c(c1)-n1ccnc1CO2.O=C1COc2ccc([N+](=O)[O-])cc2N1.O=C1COc2ccc([N+](=O)[O-])cc2N1.O=[N+]([O-])c1ccc2c(c1)-n1ccnc1CO2.S=PP(P=S)P=S=S=S=S=S=S=S=S. The Balaban J connectivity index is 0.000000179. The maximum absolute atomic E-state index is 10.9. The first kappa shape index (κ1) is 90.0. The van der Waals surface area contributed by atoms with Crippen LogP contribution in [0.5, 0.6) is 34.5 Å². The maximum Gasteiger partial charge on any atom is 0.271 e. The fraction of sp³-hybridized carbons (Fsp3) is 0.246. The lowest BCUT2D eigenvalue weighted by Crippen LogP contribution is -2.27. The van der Waals surface area contributed by atoms with Gasteiger partial charge >= 0.3 is 0 Å². The van der Waals surface area contributed by atoms with Gasteiger partial charge in [-0.3, -0.25) is 79.3 Å². The predicted molar refractivity (Wildman–Crippen MR) is 452 cm³/mol. The summed E-state index contributed by atoms with van der Waals surface area (Å²) in [6.07, 6.45) is 6.86. The van der Waals surface area contributed by atoms with E-state index in [1.165, 1.54) is 88.7 Å². The molecule has 0 fully saturated rings. The number of nitro groups is 5. The average Bonchev–Trinajstić information content (AvgIpc) is 1.60. The second kappa shape index (κ2) is 46.7. The molecule has 2 aromatic heterocycles. The van der Waals surface area contributed by atoms with Crippen LogP contribution in [0.15, 0.2) is 144 Å². The summed E-state index contributed by atoms with van der Waals surface area (Å²) in [6, 6.07) is 27.1. The number of hydrogen-bond acceptors (Lipinski definition) is 30. The van der Waals surface area contributed by atoms with E-state index in [0.29, 0.717) is 103 Å². The molecular formula is C61H62N16O21P4S10. The first-order valence-corrected chi connectivity index (χ1v) is 49.7. The van der Waals surface area contributed by atoms with Crippen LogP contribution in [0, 0.1) is 50.6 Å². The molecule has 14 rings (SSSR count). The molecule has 592 valence electrons. The van der Waals surface area contributed by atoms with Gasteiger partial charge in [0.25, 0.3) is 40.3 Å². The van der Waals surface area contributed by atoms with Crippen molar-refractivity contribution in [3.63, 3.8) is 0 Å². The molecule has 51 heteroatoms. The number of nitrogens with two attached hydrogens (primary N) is 2. The lowest BCUT2D eigenvalue weighted by atomic mass is 10.2. The zero-order valence-corrected chi connectivity index (χ0v) is 70.3. The monoisotopic (exact) mass is 1800 g/mol. The number of amides is 2. The predicted octanol–water partition coefficient (Wildman–Crippen LogP) is 11.8. The Morgan fingerprint density at radius 2 is 0.982 bits per heavy atom. The third kappa shape index (κ3) is 28.2. The summed E-state index contributed by atoms with van der Waals surface area (Å²) in [5.41, 5.74) is 15.8. The molecule has 2 amide bonds. The Labute approximate surface area is 676 Å². The standard InChI is InChI=1S/C12H15N3O4.C10H7N3O3.C10H9N3O.C9H8N2O3.2C8H6N2O4.C4H11NO2.P4S10/c1-8(18-2)6-13-12-7-19-11-4-3-9(15(16)17)5-10(11)14-12;14-13(15)7-1-2-9-8(5-7)12-4-3-11-10(12)6-16-9;11-7-1-2-9-8(5-7)13-4-3-12-10(13)6-14-9;1-6-5-14-9-3-2-7(11(12)13)4-8(9)10-6;2*11-8-4-14-7-2-1-5(10(12)13)3-6(7)9-8;1-6-4(3-5)7-2;5-1-4(2-6)3-8-10-12-14-13-11-9-7/h3-5,8H,6-7H2,1-2H3,(H,13,14);1-5H,6H2;1-5H,6,11H2;2-4H,5H2,1H3;2*1-3H,4H2,(H,9,11);4H,3,5H2,1-2H3;. The van der Waals surface area contributed by atoms with Gasteiger partial charge in [-0.2, -0.15) is 0 Å². The number of carbonyl (C=O) groups is 2. The van der Waals surface area contributed by atoms with Crippen LogP contribution < -0.4 is 55.8 Å². The summed E-state index contributed by atoms with van der Waals surface area (Å²) >= 11 is 14.7. The van der Waals surface area contributed by atoms with E-state index in [2.05, 4.69) is 35.9 Å². The van der Waals surface area contributed by atoms with Gasteiger partial charge in [0.2, 0.25) is 0 Å². The summed E-state index contributed by atoms with van der Waals surface area (Å²) < 4.78 is 50.1. The summed E-state index contributed by atoms with van der Waals surface area (Å²) in [5.74, 6) is 5.25. The minimum atomic E-state index is -0.527. The summed E-state index contributed by atoms with van der Waals surface area (Å²) in [5, 5.41) is 60.7. The minimum absolute atomic E-state index is 0.0146. The molecule has 112 heavy (non-hydrogen) atoms. The van der Waals surface area contributed by atoms with Crippen LogP contribution in [0.2, 0.25) is 0 Å². The number of carbonyl (C=O) groups excluding carboxylic acids is 2. The smallest absolute Gasteiger partial charge is 0.271 e. The highest BCUT2D eigenvalue weighted by Gasteiger charge is 2.24. The molecule has 1 atom stereocenters. The van der Waals surface area contributed by atoms with Crippen LogP contribution in [0.3, 0.4) is 0 Å². The van der Waals surface area contributed by atoms with E-state index < -0.39 is 24.6 Å². The molecule has 0 radical (unpaired) electrons. The Hall–Kier alpha value is -9.21. The molecule has 0 bridgehead atoms. The van der Waals surface area contributed by atoms with Crippen molar-refractivity contribution in [3.8, 4) is 45.9 Å². The number of amidine groups is 1. The fourth-order valence-electron chi connectivity index (χ4n) is 9.02. The lowest BCUT2D eigenvalue weighted by Gasteiger charge is -2.20. The normalized spacial score (nSPS) is 13.6. The molecule has 0 aliphatic carbocycles. The molecule has 0 spiro atoms. The highest BCUT2D eigenvalue weighted by Crippen LogP contribution is 2.69. The number of hydrogen-bond donors (Lipinski definition) is 5. The van der Waals surface area contributed by atoms with Crippen molar-refractivity contribution in [2.24, 2.45) is 15.7 Å². The molecule has 6 aliphatic rings. The van der Waals surface area contributed by atoms with Crippen molar-refractivity contribution < 1.29 is 76.8 Å². The van der Waals surface area contributed by atoms with E-state index in [9.17, 15) is 60.2 Å². The number of aromatic nitrogens is 4. The highest BCUT2D eigenvalue weighted by atomic mass is 33.4. The number of nitrogens with one attached hydrogen (secondary N) is 3. The molecule has 37 nitrogen and oxygen atoms in total. The van der Waals surface area contributed by atoms with E-state index in [0.717, 1.165) is 48.6 Å². The number of methoxy groups -OCH3 is 3. The van der Waals surface area contributed by atoms with Crippen LogP contribution in [0.4, 0.5) is 56.9 Å². The number of benzene rings is 6. The summed E-state index contributed by atoms with van der Waals surface area (Å²) in [6.45, 7) is 6.07. The second-order valence-corrected chi connectivity index (χ2v) is 47.4. The van der Waals surface area contributed by atoms with Gasteiger partial charge in [0.05, 0.1) is 78.4 Å². The molecule has 7 N–H and O–H groups in total. The van der Waals surface area contributed by atoms with Crippen LogP contribution in [-0.4, -0.2) is 140 Å². The van der Waals surface area contributed by atoms with Gasteiger partial charge in [-0.15, -0.1) is 0 Å². The number of non-ortho nitro benzene ring substituents is 5. The second-order valence-electron chi connectivity index (χ2n) is 21.6. The van der Waals surface area contributed by atoms with Gasteiger partial charge in [-0.25, -0.2) is 9.97 Å². The number of imidazole rings is 2. The first-order valence-electron chi connectivity index (χ1n) is 31.2. The van der Waals surface area contributed by atoms with Crippen molar-refractivity contribution in [2.45, 2.75) is 39.5 Å². The Bertz CT molecular complexity index is 5150. The van der Waals surface area contributed by atoms with Gasteiger partial charge in [0, 0.05) is 140 Å². The Morgan fingerprint density at radius 1 is 0.562 bits per heavy atom. The van der Waals surface area contributed by atoms with Gasteiger partial charge < -0.3 is 70.0 Å². The maximum atomic E-state index is 10.9. The molecule has 8 aromatic rings. The van der Waals surface area contributed by atoms with Gasteiger partial charge in [-0.05, 0) is 136 Å². The third-order valence-electron chi connectivity index (χ3n) is 14.2. The van der Waals surface area contributed by atoms with Crippen molar-refractivity contribution in [1.29, 1.82) is 0 Å². The van der Waals surface area contributed by atoms with Crippen LogP contribution in [0.25, 0.3) is 11.4 Å². The van der Waals surface area contributed by atoms with Crippen molar-refractivity contribution in [3.05, 3.63) is 196 Å². The van der Waals surface area contributed by atoms with Gasteiger partial charge in [0.15, 0.2) is 31.2 Å². The van der Waals surface area contributed by atoms with Crippen LogP contribution in [-0.2, 0) is 135 Å². The summed E-state index contributed by atoms with van der Waals surface area (Å²) in [7, 11) is 20.0. The summed E-state index contributed by atoms with van der Waals surface area (Å²) in [4.78, 5) is 88.9. The molecular weight excluding hydrogens is 1740 g/mol. The zero-order valence-electron chi connectivity index (χ0n) is 58.5. The average molecular weight is 1800 g/mol. The lowest BCUT2D eigenvalue weighted by molar-refractivity contribution is -0.385. The van der Waals surface area contributed by atoms with E-state index in [1.54, 1.807) is 107 Å². The molecule has 6 aliphatic heterocycles. The quantitative estimate of drug-likeness (QED) is 0.0222. The Morgan fingerprint density at radius 3 is 1.45 bits per heavy atom. The minimum Gasteiger partial charge on any atom is -0.485 e. The number of anilines is 4. The molecule has 6 aromatic carbocycles. The van der Waals surface area contributed by atoms with E-state index in [1.807, 2.05) is 52.3 Å². The number of aliphatic imine (C=N–C) groups is 2. The fourth-order valence-corrected chi connectivity index (χ4v) is 44.3. The Kier molecular flexibility index (Phi) is 37.5. The van der Waals surface area contributed by atoms with E-state index >= 15 is 0 Å². The van der Waals surface area contributed by atoms with Crippen molar-refractivity contribution in [2.75, 3.05) is 82.5 Å². The van der Waals surface area contributed by atoms with E-state index in [4.69, 9.17) is 88.9 Å². The van der Waals surface area contributed by atoms with Gasteiger partial charge in [-0.1, -0.05) is 23.6 Å². The van der Waals surface area contributed by atoms with Crippen LogP contribution in [0.1, 0.15) is 25.5 Å². The molecule has 8 heterocycles. The molecule has 0 saturated heterocycles. The number of nitro benzene ring substituents is 5. The highest BCUT2D eigenvalue weighted by molar-refractivity contribution is 8.87. The van der Waals surface area contributed by atoms with Crippen molar-refractivity contribution in [1.82, 2.24) is 19.1 Å². The van der Waals surface area contributed by atoms with E-state index in [-0.39, 0.29) is 72.8 Å². The number of fused-ring (bicyclic) bond motifs is 10.